The number of aryl methyl sites for hydroxylation is 3. The summed E-state index contributed by atoms with van der Waals surface area (Å²) in [6, 6.07) is 8.84. The highest BCUT2D eigenvalue weighted by atomic mass is 32.2. The van der Waals surface area contributed by atoms with Gasteiger partial charge in [0.05, 0.1) is 24.6 Å². The van der Waals surface area contributed by atoms with Crippen LogP contribution in [0.15, 0.2) is 35.2 Å². The Balaban J connectivity index is 1.48. The van der Waals surface area contributed by atoms with E-state index in [4.69, 9.17) is 4.74 Å². The molecule has 0 amide bonds. The first-order chi connectivity index (χ1) is 14.8. The van der Waals surface area contributed by atoms with E-state index in [0.29, 0.717) is 42.1 Å². The molecule has 0 unspecified atom stereocenters. The lowest BCUT2D eigenvalue weighted by Crippen LogP contribution is -2.37. The van der Waals surface area contributed by atoms with Gasteiger partial charge in [0.1, 0.15) is 10.7 Å². The molecule has 0 bridgehead atoms. The third kappa shape index (κ3) is 4.78. The van der Waals surface area contributed by atoms with Crippen molar-refractivity contribution in [2.45, 2.75) is 25.7 Å². The van der Waals surface area contributed by atoms with Gasteiger partial charge in [-0.15, -0.1) is 0 Å². The molecule has 3 aromatic rings. The first-order valence-electron chi connectivity index (χ1n) is 9.92. The van der Waals surface area contributed by atoms with E-state index >= 15 is 0 Å². The zero-order valence-electron chi connectivity index (χ0n) is 17.6. The Morgan fingerprint density at radius 2 is 1.71 bits per heavy atom. The lowest BCUT2D eigenvalue weighted by atomic mass is 10.3. The molecule has 0 atom stereocenters. The predicted molar refractivity (Wildman–Crippen MR) is 118 cm³/mol. The van der Waals surface area contributed by atoms with Gasteiger partial charge in [-0.3, -0.25) is 9.82 Å². The summed E-state index contributed by atoms with van der Waals surface area (Å²) in [7, 11) is -3.73. The number of morpholine rings is 1. The molecule has 0 radical (unpaired) electrons. The van der Waals surface area contributed by atoms with E-state index in [0.717, 1.165) is 24.5 Å². The molecule has 1 fully saturated rings. The number of H-pyrrole nitrogens is 1. The number of nitrogens with zero attached hydrogens (tertiary/aromatic N) is 4. The quantitative estimate of drug-likeness (QED) is 0.531. The SMILES string of the molecule is Cc1cc(Nc2ccc(NS(=O)(=O)c3c(C)n[nH]c3C)cc2)nc(N2CCOCC2)n1. The van der Waals surface area contributed by atoms with E-state index in [1.54, 1.807) is 38.1 Å². The number of nitrogens with one attached hydrogen (secondary N) is 3. The Morgan fingerprint density at radius 1 is 1.03 bits per heavy atom. The Bertz CT molecular complexity index is 1150. The van der Waals surface area contributed by atoms with Gasteiger partial charge in [0.15, 0.2) is 0 Å². The van der Waals surface area contributed by atoms with E-state index in [9.17, 15) is 8.42 Å². The molecule has 3 heterocycles. The molecule has 1 aliphatic heterocycles. The van der Waals surface area contributed by atoms with Gasteiger partial charge in [-0.2, -0.15) is 10.1 Å². The second kappa shape index (κ2) is 8.52. The molecule has 0 saturated carbocycles. The van der Waals surface area contributed by atoms with Crippen LogP contribution < -0.4 is 14.9 Å². The van der Waals surface area contributed by atoms with Crippen LogP contribution in [-0.4, -0.2) is 54.9 Å². The standard InChI is InChI=1S/C20H25N7O3S/c1-13-12-18(23-20(21-13)27-8-10-30-11-9-27)22-16-4-6-17(7-5-16)26-31(28,29)19-14(2)24-25-15(19)3/h4-7,12,26H,8-11H2,1-3H3,(H,24,25)(H,21,22,23). The van der Waals surface area contributed by atoms with Crippen LogP contribution in [0.3, 0.4) is 0 Å². The van der Waals surface area contributed by atoms with E-state index in [1.807, 2.05) is 13.0 Å². The largest absolute Gasteiger partial charge is 0.378 e. The van der Waals surface area contributed by atoms with Crippen LogP contribution in [0.2, 0.25) is 0 Å². The fourth-order valence-corrected chi connectivity index (χ4v) is 4.87. The van der Waals surface area contributed by atoms with Crippen LogP contribution in [0.5, 0.6) is 0 Å². The number of rotatable bonds is 6. The second-order valence-electron chi connectivity index (χ2n) is 7.36. The molecule has 1 aromatic carbocycles. The van der Waals surface area contributed by atoms with Crippen molar-refractivity contribution in [1.29, 1.82) is 0 Å². The average Bonchev–Trinajstić information content (AvgIpc) is 3.08. The monoisotopic (exact) mass is 443 g/mol. The van der Waals surface area contributed by atoms with Crippen molar-refractivity contribution in [1.82, 2.24) is 20.2 Å². The van der Waals surface area contributed by atoms with Gasteiger partial charge in [0.2, 0.25) is 5.95 Å². The van der Waals surface area contributed by atoms with Crippen LogP contribution in [0, 0.1) is 20.8 Å². The number of hydrogen-bond donors (Lipinski definition) is 3. The van der Waals surface area contributed by atoms with Crippen molar-refractivity contribution < 1.29 is 13.2 Å². The van der Waals surface area contributed by atoms with Crippen LogP contribution in [0.25, 0.3) is 0 Å². The van der Waals surface area contributed by atoms with Crippen molar-refractivity contribution in [3.05, 3.63) is 47.4 Å². The minimum absolute atomic E-state index is 0.168. The number of ether oxygens (including phenoxy) is 1. The number of sulfonamides is 1. The Labute approximate surface area is 181 Å². The fourth-order valence-electron chi connectivity index (χ4n) is 3.43. The minimum Gasteiger partial charge on any atom is -0.378 e. The summed E-state index contributed by atoms with van der Waals surface area (Å²) in [5, 5.41) is 9.91. The molecular weight excluding hydrogens is 418 g/mol. The lowest BCUT2D eigenvalue weighted by Gasteiger charge is -2.27. The molecule has 164 valence electrons. The maximum absolute atomic E-state index is 12.7. The van der Waals surface area contributed by atoms with Crippen molar-refractivity contribution in [3.63, 3.8) is 0 Å². The van der Waals surface area contributed by atoms with E-state index in [2.05, 4.69) is 35.1 Å². The topological polar surface area (TPSA) is 125 Å². The van der Waals surface area contributed by atoms with Gasteiger partial charge in [-0.05, 0) is 45.0 Å². The van der Waals surface area contributed by atoms with Crippen LogP contribution in [0.4, 0.5) is 23.1 Å². The number of anilines is 4. The number of aromatic nitrogens is 4. The first kappa shape index (κ1) is 21.1. The maximum Gasteiger partial charge on any atom is 0.265 e. The van der Waals surface area contributed by atoms with Gasteiger partial charge in [0, 0.05) is 36.2 Å². The second-order valence-corrected chi connectivity index (χ2v) is 8.98. The molecule has 1 aliphatic rings. The lowest BCUT2D eigenvalue weighted by molar-refractivity contribution is 0.122. The molecule has 11 heteroatoms. The summed E-state index contributed by atoms with van der Waals surface area (Å²) in [5.74, 6) is 1.34. The molecule has 0 spiro atoms. The van der Waals surface area contributed by atoms with E-state index < -0.39 is 10.0 Å². The molecule has 2 aromatic heterocycles. The maximum atomic E-state index is 12.7. The van der Waals surface area contributed by atoms with Gasteiger partial charge in [0.25, 0.3) is 10.0 Å². The Morgan fingerprint density at radius 3 is 2.35 bits per heavy atom. The minimum atomic E-state index is -3.73. The number of hydrogen-bond acceptors (Lipinski definition) is 8. The van der Waals surface area contributed by atoms with Crippen LogP contribution in [-0.2, 0) is 14.8 Å². The summed E-state index contributed by atoms with van der Waals surface area (Å²) in [6.07, 6.45) is 0. The van der Waals surface area contributed by atoms with Crippen LogP contribution in [0.1, 0.15) is 17.1 Å². The summed E-state index contributed by atoms with van der Waals surface area (Å²) in [4.78, 5) is 11.4. The van der Waals surface area contributed by atoms with E-state index in [-0.39, 0.29) is 4.90 Å². The zero-order chi connectivity index (χ0) is 22.0. The summed E-state index contributed by atoms with van der Waals surface area (Å²) in [6.45, 7) is 8.09. The van der Waals surface area contributed by atoms with Gasteiger partial charge >= 0.3 is 0 Å². The fraction of sp³-hybridized carbons (Fsp3) is 0.350. The number of benzene rings is 1. The predicted octanol–water partition coefficient (Wildman–Crippen LogP) is 2.51. The molecule has 1 saturated heterocycles. The highest BCUT2D eigenvalue weighted by Gasteiger charge is 2.22. The molecule has 10 nitrogen and oxygen atoms in total. The first-order valence-corrected chi connectivity index (χ1v) is 11.4. The summed E-state index contributed by atoms with van der Waals surface area (Å²) >= 11 is 0. The van der Waals surface area contributed by atoms with E-state index in [1.165, 1.54) is 0 Å². The highest BCUT2D eigenvalue weighted by molar-refractivity contribution is 7.92. The Hall–Kier alpha value is -3.18. The smallest absolute Gasteiger partial charge is 0.265 e. The van der Waals surface area contributed by atoms with Crippen molar-refractivity contribution in [3.8, 4) is 0 Å². The Kier molecular flexibility index (Phi) is 5.79. The van der Waals surface area contributed by atoms with Crippen molar-refractivity contribution in [2.24, 2.45) is 0 Å². The highest BCUT2D eigenvalue weighted by Crippen LogP contribution is 2.24. The third-order valence-electron chi connectivity index (χ3n) is 4.88. The molecular formula is C20H25N7O3S. The van der Waals surface area contributed by atoms with Crippen LogP contribution >= 0.6 is 0 Å². The molecule has 0 aliphatic carbocycles. The molecule has 3 N–H and O–H groups in total. The third-order valence-corrected chi connectivity index (χ3v) is 6.52. The molecule has 4 rings (SSSR count). The number of aromatic amines is 1. The van der Waals surface area contributed by atoms with Gasteiger partial charge < -0.3 is 15.0 Å². The summed E-state index contributed by atoms with van der Waals surface area (Å²) < 4.78 is 33.4. The van der Waals surface area contributed by atoms with Gasteiger partial charge in [-0.25, -0.2) is 13.4 Å². The normalized spacial score (nSPS) is 14.5. The zero-order valence-corrected chi connectivity index (χ0v) is 18.5. The van der Waals surface area contributed by atoms with Gasteiger partial charge in [-0.1, -0.05) is 0 Å². The molecule has 31 heavy (non-hydrogen) atoms. The van der Waals surface area contributed by atoms with Crippen molar-refractivity contribution >= 4 is 33.2 Å². The summed E-state index contributed by atoms with van der Waals surface area (Å²) in [5.41, 5.74) is 3.02. The average molecular weight is 444 g/mol. The van der Waals surface area contributed by atoms with Crippen molar-refractivity contribution in [2.75, 3.05) is 41.2 Å².